The van der Waals surface area contributed by atoms with Gasteiger partial charge in [-0.2, -0.15) is 0 Å². The van der Waals surface area contributed by atoms with Crippen LogP contribution in [0.4, 0.5) is 5.82 Å². The summed E-state index contributed by atoms with van der Waals surface area (Å²) in [5, 5.41) is 0.694. The molecular weight excluding hydrogens is 260 g/mol. The van der Waals surface area contributed by atoms with E-state index in [-0.39, 0.29) is 0 Å². The smallest absolute Gasteiger partial charge is 0.161 e. The van der Waals surface area contributed by atoms with Crippen molar-refractivity contribution in [2.24, 2.45) is 11.8 Å². The lowest BCUT2D eigenvalue weighted by atomic mass is 10.1. The molecule has 100 valence electrons. The molecule has 0 unspecified atom stereocenters. The zero-order chi connectivity index (χ0) is 13.8. The minimum absolute atomic E-state index is 0.526. The lowest BCUT2D eigenvalue weighted by Gasteiger charge is -2.09. The van der Waals surface area contributed by atoms with E-state index in [1.54, 1.807) is 0 Å². The average molecular weight is 277 g/mol. The van der Waals surface area contributed by atoms with Crippen molar-refractivity contribution in [2.75, 3.05) is 5.43 Å². The molecule has 4 nitrogen and oxygen atoms in total. The molecule has 0 radical (unpaired) electrons. The predicted octanol–water partition coefficient (Wildman–Crippen LogP) is 3.28. The van der Waals surface area contributed by atoms with Crippen LogP contribution in [0, 0.1) is 5.92 Å². The number of nitrogens with zero attached hydrogens (tertiary/aromatic N) is 2. The van der Waals surface area contributed by atoms with E-state index in [0.29, 0.717) is 22.6 Å². The van der Waals surface area contributed by atoms with Gasteiger partial charge in [0.2, 0.25) is 0 Å². The number of nitrogens with two attached hydrogens (primary N) is 1. The van der Waals surface area contributed by atoms with Crippen molar-refractivity contribution < 1.29 is 0 Å². The number of anilines is 1. The molecule has 0 saturated carbocycles. The largest absolute Gasteiger partial charge is 0.308 e. The predicted molar refractivity (Wildman–Crippen MR) is 78.8 cm³/mol. The lowest BCUT2D eigenvalue weighted by Crippen LogP contribution is -2.11. The highest BCUT2D eigenvalue weighted by atomic mass is 35.5. The number of hydrogen-bond donors (Lipinski definition) is 2. The van der Waals surface area contributed by atoms with E-state index in [1.807, 2.05) is 30.3 Å². The van der Waals surface area contributed by atoms with Crippen LogP contribution >= 0.6 is 11.6 Å². The van der Waals surface area contributed by atoms with Gasteiger partial charge in [-0.15, -0.1) is 0 Å². The van der Waals surface area contributed by atoms with Crippen LogP contribution in [0.15, 0.2) is 30.3 Å². The van der Waals surface area contributed by atoms with Gasteiger partial charge in [-0.05, 0) is 36.6 Å². The Bertz CT molecular complexity index is 552. The summed E-state index contributed by atoms with van der Waals surface area (Å²) in [7, 11) is 0. The molecular formula is C14H17ClN4. The monoisotopic (exact) mass is 276 g/mol. The van der Waals surface area contributed by atoms with Gasteiger partial charge in [0.15, 0.2) is 5.82 Å². The number of benzene rings is 1. The highest BCUT2D eigenvalue weighted by molar-refractivity contribution is 6.30. The van der Waals surface area contributed by atoms with E-state index >= 15 is 0 Å². The van der Waals surface area contributed by atoms with Crippen molar-refractivity contribution in [1.82, 2.24) is 9.97 Å². The van der Waals surface area contributed by atoms with Gasteiger partial charge in [0.25, 0.3) is 0 Å². The summed E-state index contributed by atoms with van der Waals surface area (Å²) in [5.74, 6) is 7.26. The Morgan fingerprint density at radius 2 is 1.89 bits per heavy atom. The van der Waals surface area contributed by atoms with Gasteiger partial charge in [0.05, 0.1) is 0 Å². The van der Waals surface area contributed by atoms with Crippen LogP contribution in [0.5, 0.6) is 0 Å². The molecule has 2 aromatic rings. The number of nitrogen functional groups attached to an aromatic ring is 1. The van der Waals surface area contributed by atoms with Crippen molar-refractivity contribution >= 4 is 17.4 Å². The molecule has 19 heavy (non-hydrogen) atoms. The van der Waals surface area contributed by atoms with E-state index in [9.17, 15) is 0 Å². The number of rotatable bonds is 4. The fraction of sp³-hybridized carbons (Fsp3) is 0.286. The maximum Gasteiger partial charge on any atom is 0.161 e. The molecule has 0 saturated heterocycles. The van der Waals surface area contributed by atoms with Crippen LogP contribution < -0.4 is 11.3 Å². The topological polar surface area (TPSA) is 63.8 Å². The summed E-state index contributed by atoms with van der Waals surface area (Å²) < 4.78 is 0. The SMILES string of the molecule is CC(C)Cc1cc(NN)nc(-c2ccc(Cl)cc2)n1. The van der Waals surface area contributed by atoms with Gasteiger partial charge >= 0.3 is 0 Å². The van der Waals surface area contributed by atoms with Crippen molar-refractivity contribution in [2.45, 2.75) is 20.3 Å². The van der Waals surface area contributed by atoms with Crippen molar-refractivity contribution in [3.05, 3.63) is 41.0 Å². The zero-order valence-corrected chi connectivity index (χ0v) is 11.8. The molecule has 5 heteroatoms. The second kappa shape index (κ2) is 5.99. The maximum absolute atomic E-state index is 5.88. The third kappa shape index (κ3) is 3.66. The summed E-state index contributed by atoms with van der Waals surface area (Å²) in [6.45, 7) is 4.30. The summed E-state index contributed by atoms with van der Waals surface area (Å²) in [4.78, 5) is 8.94. The second-order valence-corrected chi connectivity index (χ2v) is 5.25. The van der Waals surface area contributed by atoms with E-state index in [0.717, 1.165) is 17.7 Å². The Morgan fingerprint density at radius 1 is 1.21 bits per heavy atom. The quantitative estimate of drug-likeness (QED) is 0.664. The molecule has 0 aliphatic rings. The van der Waals surface area contributed by atoms with E-state index in [1.165, 1.54) is 0 Å². The Labute approximate surface area is 118 Å². The fourth-order valence-corrected chi connectivity index (χ4v) is 1.95. The third-order valence-corrected chi connectivity index (χ3v) is 2.90. The minimum Gasteiger partial charge on any atom is -0.308 e. The zero-order valence-electron chi connectivity index (χ0n) is 11.0. The molecule has 2 rings (SSSR count). The van der Waals surface area contributed by atoms with E-state index in [2.05, 4.69) is 29.2 Å². The standard InChI is InChI=1S/C14H17ClN4/c1-9(2)7-12-8-13(19-16)18-14(17-12)10-3-5-11(15)6-4-10/h3-6,8-9H,7,16H2,1-2H3,(H,17,18,19). The van der Waals surface area contributed by atoms with Crippen LogP contribution in [0.3, 0.4) is 0 Å². The highest BCUT2D eigenvalue weighted by Gasteiger charge is 2.08. The molecule has 1 aromatic carbocycles. The van der Waals surface area contributed by atoms with Crippen molar-refractivity contribution in [1.29, 1.82) is 0 Å². The van der Waals surface area contributed by atoms with Crippen LogP contribution in [-0.2, 0) is 6.42 Å². The number of aromatic nitrogens is 2. The first-order valence-electron chi connectivity index (χ1n) is 6.19. The summed E-state index contributed by atoms with van der Waals surface area (Å²) in [6.07, 6.45) is 0.887. The van der Waals surface area contributed by atoms with Gasteiger partial charge in [0.1, 0.15) is 5.82 Å². The van der Waals surface area contributed by atoms with Crippen molar-refractivity contribution in [3.63, 3.8) is 0 Å². The highest BCUT2D eigenvalue weighted by Crippen LogP contribution is 2.21. The van der Waals surface area contributed by atoms with Gasteiger partial charge < -0.3 is 5.43 Å². The van der Waals surface area contributed by atoms with Crippen molar-refractivity contribution in [3.8, 4) is 11.4 Å². The Kier molecular flexibility index (Phi) is 4.35. The first kappa shape index (κ1) is 13.8. The van der Waals surface area contributed by atoms with Gasteiger partial charge in [-0.3, -0.25) is 0 Å². The minimum atomic E-state index is 0.526. The Morgan fingerprint density at radius 3 is 2.47 bits per heavy atom. The second-order valence-electron chi connectivity index (χ2n) is 4.82. The molecule has 1 aromatic heterocycles. The third-order valence-electron chi connectivity index (χ3n) is 2.65. The molecule has 1 heterocycles. The van der Waals surface area contributed by atoms with Crippen LogP contribution in [0.1, 0.15) is 19.5 Å². The summed E-state index contributed by atoms with van der Waals surface area (Å²) >= 11 is 5.88. The van der Waals surface area contributed by atoms with E-state index in [4.69, 9.17) is 17.4 Å². The molecule has 0 aliphatic carbocycles. The number of nitrogens with one attached hydrogen (secondary N) is 1. The molecule has 0 bridgehead atoms. The number of halogens is 1. The summed E-state index contributed by atoms with van der Waals surface area (Å²) in [6, 6.07) is 9.32. The van der Waals surface area contributed by atoms with Crippen LogP contribution in [-0.4, -0.2) is 9.97 Å². The first-order valence-corrected chi connectivity index (χ1v) is 6.57. The van der Waals surface area contributed by atoms with Gasteiger partial charge in [-0.1, -0.05) is 25.4 Å². The van der Waals surface area contributed by atoms with Gasteiger partial charge in [0, 0.05) is 22.3 Å². The Balaban J connectivity index is 2.41. The first-order chi connectivity index (χ1) is 9.08. The summed E-state index contributed by atoms with van der Waals surface area (Å²) in [5.41, 5.74) is 4.48. The molecule has 0 fully saturated rings. The normalized spacial score (nSPS) is 10.8. The molecule has 3 N–H and O–H groups in total. The van der Waals surface area contributed by atoms with E-state index < -0.39 is 0 Å². The average Bonchev–Trinajstić information content (AvgIpc) is 2.38. The molecule has 0 spiro atoms. The molecule has 0 atom stereocenters. The fourth-order valence-electron chi connectivity index (χ4n) is 1.82. The molecule has 0 aliphatic heterocycles. The van der Waals surface area contributed by atoms with Crippen LogP contribution in [0.2, 0.25) is 5.02 Å². The maximum atomic E-state index is 5.88. The number of hydrogen-bond acceptors (Lipinski definition) is 4. The Hall–Kier alpha value is -1.65. The molecule has 0 amide bonds. The van der Waals surface area contributed by atoms with Gasteiger partial charge in [-0.25, -0.2) is 15.8 Å². The van der Waals surface area contributed by atoms with Crippen LogP contribution in [0.25, 0.3) is 11.4 Å². The number of hydrazine groups is 1. The lowest BCUT2D eigenvalue weighted by molar-refractivity contribution is 0.635.